The third kappa shape index (κ3) is 3.10. The molecule has 6 heteroatoms. The average molecular weight is 333 g/mol. The van der Waals surface area contributed by atoms with Crippen molar-refractivity contribution in [1.82, 2.24) is 0 Å². The molecule has 0 aromatic heterocycles. The molecule has 5 nitrogen and oxygen atoms in total. The molecule has 2 aromatic carbocycles. The van der Waals surface area contributed by atoms with Gasteiger partial charge in [-0.05, 0) is 36.6 Å². The first-order valence-electron chi connectivity index (χ1n) is 7.44. The summed E-state index contributed by atoms with van der Waals surface area (Å²) in [5.74, 6) is 0.826. The van der Waals surface area contributed by atoms with Crippen LogP contribution in [0, 0.1) is 10.1 Å². The summed E-state index contributed by atoms with van der Waals surface area (Å²) in [5.41, 5.74) is 2.05. The number of methoxy groups -OCH3 is 1. The maximum atomic E-state index is 10.9. The number of anilines is 1. The molecule has 1 aliphatic heterocycles. The van der Waals surface area contributed by atoms with E-state index in [2.05, 4.69) is 17.0 Å². The fourth-order valence-corrected chi connectivity index (χ4v) is 3.35. The van der Waals surface area contributed by atoms with Crippen LogP contribution in [0.1, 0.15) is 24.4 Å². The Bertz CT molecular complexity index is 718. The maximum absolute atomic E-state index is 10.9. The first-order chi connectivity index (χ1) is 11.1. The van der Waals surface area contributed by atoms with E-state index in [0.717, 1.165) is 30.8 Å². The van der Waals surface area contributed by atoms with Crippen molar-refractivity contribution in [2.45, 2.75) is 18.9 Å². The standard InChI is InChI=1S/C17H17ClN2O3/c1-23-14-7-4-12(5-8-14)16-3-2-10-19(16)17-9-6-13(20(21)22)11-15(17)18/h4-9,11,16H,2-3,10H2,1H3. The molecule has 1 atom stereocenters. The quantitative estimate of drug-likeness (QED) is 0.606. The molecule has 1 unspecified atom stereocenters. The van der Waals surface area contributed by atoms with Crippen molar-refractivity contribution >= 4 is 23.0 Å². The van der Waals surface area contributed by atoms with E-state index >= 15 is 0 Å². The van der Waals surface area contributed by atoms with Gasteiger partial charge in [-0.3, -0.25) is 10.1 Å². The molecular formula is C17H17ClN2O3. The van der Waals surface area contributed by atoms with Crippen molar-refractivity contribution in [3.63, 3.8) is 0 Å². The molecule has 1 fully saturated rings. The molecule has 0 N–H and O–H groups in total. The van der Waals surface area contributed by atoms with Crippen LogP contribution in [-0.2, 0) is 0 Å². The minimum Gasteiger partial charge on any atom is -0.497 e. The number of hydrogen-bond acceptors (Lipinski definition) is 4. The summed E-state index contributed by atoms with van der Waals surface area (Å²) < 4.78 is 5.20. The maximum Gasteiger partial charge on any atom is 0.271 e. The van der Waals surface area contributed by atoms with Crippen LogP contribution in [0.25, 0.3) is 0 Å². The zero-order valence-corrected chi connectivity index (χ0v) is 13.5. The van der Waals surface area contributed by atoms with Crippen LogP contribution in [0.2, 0.25) is 5.02 Å². The number of nitro groups is 1. The van der Waals surface area contributed by atoms with Gasteiger partial charge in [0, 0.05) is 18.7 Å². The normalized spacial score (nSPS) is 17.3. The Morgan fingerprint density at radius 2 is 2.00 bits per heavy atom. The Hall–Kier alpha value is -2.27. The van der Waals surface area contributed by atoms with Gasteiger partial charge in [-0.2, -0.15) is 0 Å². The minimum atomic E-state index is -0.430. The third-order valence-electron chi connectivity index (χ3n) is 4.20. The van der Waals surface area contributed by atoms with Crippen molar-refractivity contribution in [3.8, 4) is 5.75 Å². The largest absolute Gasteiger partial charge is 0.497 e. The van der Waals surface area contributed by atoms with Crippen molar-refractivity contribution in [3.05, 3.63) is 63.2 Å². The van der Waals surface area contributed by atoms with Gasteiger partial charge in [-0.25, -0.2) is 0 Å². The molecule has 2 aromatic rings. The molecule has 1 saturated heterocycles. The Morgan fingerprint density at radius 1 is 1.26 bits per heavy atom. The van der Waals surface area contributed by atoms with Crippen LogP contribution in [-0.4, -0.2) is 18.6 Å². The number of ether oxygens (including phenoxy) is 1. The number of benzene rings is 2. The zero-order chi connectivity index (χ0) is 16.4. The summed E-state index contributed by atoms with van der Waals surface area (Å²) >= 11 is 6.29. The second-order valence-corrected chi connectivity index (χ2v) is 5.92. The van der Waals surface area contributed by atoms with Crippen molar-refractivity contribution < 1.29 is 9.66 Å². The predicted molar refractivity (Wildman–Crippen MR) is 90.4 cm³/mol. The SMILES string of the molecule is COc1ccc(C2CCCN2c2ccc([N+](=O)[O-])cc2Cl)cc1. The van der Waals surface area contributed by atoms with Crippen LogP contribution in [0.3, 0.4) is 0 Å². The van der Waals surface area contributed by atoms with Gasteiger partial charge in [-0.15, -0.1) is 0 Å². The summed E-state index contributed by atoms with van der Waals surface area (Å²) in [6, 6.07) is 12.9. The van der Waals surface area contributed by atoms with Gasteiger partial charge in [0.1, 0.15) is 5.75 Å². The Balaban J connectivity index is 1.90. The highest BCUT2D eigenvalue weighted by atomic mass is 35.5. The molecular weight excluding hydrogens is 316 g/mol. The van der Waals surface area contributed by atoms with Crippen LogP contribution in [0.5, 0.6) is 5.75 Å². The number of halogens is 1. The van der Waals surface area contributed by atoms with Crippen LogP contribution in [0.15, 0.2) is 42.5 Å². The van der Waals surface area contributed by atoms with Gasteiger partial charge in [0.2, 0.25) is 0 Å². The van der Waals surface area contributed by atoms with Crippen LogP contribution >= 0.6 is 11.6 Å². The molecule has 3 rings (SSSR count). The Kier molecular flexibility index (Phi) is 4.39. The number of nitro benzene ring substituents is 1. The molecule has 0 amide bonds. The highest BCUT2D eigenvalue weighted by Gasteiger charge is 2.28. The first kappa shape index (κ1) is 15.6. The Morgan fingerprint density at radius 3 is 2.61 bits per heavy atom. The van der Waals surface area contributed by atoms with Gasteiger partial charge < -0.3 is 9.64 Å². The molecule has 0 bridgehead atoms. The topological polar surface area (TPSA) is 55.6 Å². The molecule has 0 radical (unpaired) electrons. The fraction of sp³-hybridized carbons (Fsp3) is 0.294. The molecule has 0 spiro atoms. The van der Waals surface area contributed by atoms with Crippen molar-refractivity contribution in [1.29, 1.82) is 0 Å². The molecule has 0 aliphatic carbocycles. The number of rotatable bonds is 4. The summed E-state index contributed by atoms with van der Waals surface area (Å²) in [4.78, 5) is 12.6. The van der Waals surface area contributed by atoms with Crippen LogP contribution < -0.4 is 9.64 Å². The zero-order valence-electron chi connectivity index (χ0n) is 12.7. The van der Waals surface area contributed by atoms with E-state index in [1.807, 2.05) is 12.1 Å². The number of nitrogens with zero attached hydrogens (tertiary/aromatic N) is 2. The van der Waals surface area contributed by atoms with E-state index in [4.69, 9.17) is 16.3 Å². The van der Waals surface area contributed by atoms with Gasteiger partial charge in [0.25, 0.3) is 5.69 Å². The summed E-state index contributed by atoms with van der Waals surface area (Å²) in [7, 11) is 1.65. The second-order valence-electron chi connectivity index (χ2n) is 5.52. The highest BCUT2D eigenvalue weighted by Crippen LogP contribution is 2.40. The first-order valence-corrected chi connectivity index (χ1v) is 7.82. The lowest BCUT2D eigenvalue weighted by Gasteiger charge is -2.28. The van der Waals surface area contributed by atoms with Crippen LogP contribution in [0.4, 0.5) is 11.4 Å². The van der Waals surface area contributed by atoms with Crippen molar-refractivity contribution in [2.24, 2.45) is 0 Å². The highest BCUT2D eigenvalue weighted by molar-refractivity contribution is 6.33. The second kappa shape index (κ2) is 6.46. The molecule has 1 heterocycles. The van der Waals surface area contributed by atoms with Gasteiger partial charge in [-0.1, -0.05) is 23.7 Å². The van der Waals surface area contributed by atoms with Gasteiger partial charge in [0.05, 0.1) is 28.8 Å². The summed E-state index contributed by atoms with van der Waals surface area (Å²) in [5, 5.41) is 11.3. The minimum absolute atomic E-state index is 0.0129. The fourth-order valence-electron chi connectivity index (χ4n) is 3.07. The number of non-ortho nitro benzene ring substituents is 1. The van der Waals surface area contributed by atoms with Gasteiger partial charge in [0.15, 0.2) is 0 Å². The van der Waals surface area contributed by atoms with Gasteiger partial charge >= 0.3 is 0 Å². The lowest BCUT2D eigenvalue weighted by Crippen LogP contribution is -2.22. The molecule has 120 valence electrons. The summed E-state index contributed by atoms with van der Waals surface area (Å²) in [6.45, 7) is 0.883. The third-order valence-corrected chi connectivity index (χ3v) is 4.51. The van der Waals surface area contributed by atoms with E-state index in [-0.39, 0.29) is 11.7 Å². The predicted octanol–water partition coefficient (Wildman–Crippen LogP) is 4.60. The van der Waals surface area contributed by atoms with E-state index in [1.165, 1.54) is 17.7 Å². The summed E-state index contributed by atoms with van der Waals surface area (Å²) in [6.07, 6.45) is 2.09. The monoisotopic (exact) mass is 332 g/mol. The molecule has 0 saturated carbocycles. The smallest absolute Gasteiger partial charge is 0.271 e. The molecule has 1 aliphatic rings. The Labute approximate surface area is 139 Å². The van der Waals surface area contributed by atoms with E-state index < -0.39 is 4.92 Å². The lowest BCUT2D eigenvalue weighted by atomic mass is 10.0. The van der Waals surface area contributed by atoms with E-state index in [0.29, 0.717) is 5.02 Å². The average Bonchev–Trinajstić information content (AvgIpc) is 3.04. The lowest BCUT2D eigenvalue weighted by molar-refractivity contribution is -0.384. The van der Waals surface area contributed by atoms with E-state index in [1.54, 1.807) is 13.2 Å². The van der Waals surface area contributed by atoms with Crippen molar-refractivity contribution in [2.75, 3.05) is 18.6 Å². The molecule has 23 heavy (non-hydrogen) atoms. The van der Waals surface area contributed by atoms with E-state index in [9.17, 15) is 10.1 Å². The number of hydrogen-bond donors (Lipinski definition) is 0.